The number of aliphatic hydroxyl groups is 1. The number of amides is 1. The molecule has 1 amide bonds. The molecule has 2 aliphatic rings. The molecule has 0 spiro atoms. The summed E-state index contributed by atoms with van der Waals surface area (Å²) in [5.74, 6) is 0.0679. The predicted molar refractivity (Wildman–Crippen MR) is 82.6 cm³/mol. The van der Waals surface area contributed by atoms with E-state index < -0.39 is 0 Å². The van der Waals surface area contributed by atoms with Gasteiger partial charge in [-0.25, -0.2) is 0 Å². The van der Waals surface area contributed by atoms with Crippen LogP contribution in [0.3, 0.4) is 0 Å². The second-order valence-electron chi connectivity index (χ2n) is 5.90. The van der Waals surface area contributed by atoms with Crippen LogP contribution in [-0.4, -0.2) is 59.1 Å². The van der Waals surface area contributed by atoms with E-state index in [9.17, 15) is 9.90 Å². The summed E-state index contributed by atoms with van der Waals surface area (Å²) in [7, 11) is 0. The van der Waals surface area contributed by atoms with Gasteiger partial charge in [-0.15, -0.1) is 0 Å². The van der Waals surface area contributed by atoms with Crippen molar-refractivity contribution in [2.24, 2.45) is 0 Å². The Bertz CT molecular complexity index is 498. The largest absolute Gasteiger partial charge is 0.391 e. The fraction of sp³-hybridized carbons (Fsp3) is 0.562. The van der Waals surface area contributed by atoms with Crippen molar-refractivity contribution >= 4 is 17.5 Å². The van der Waals surface area contributed by atoms with Gasteiger partial charge in [0.15, 0.2) is 0 Å². The Hall–Kier alpha value is -1.10. The molecule has 1 aromatic rings. The molecular weight excluding hydrogens is 288 g/mol. The van der Waals surface area contributed by atoms with Gasteiger partial charge in [0.1, 0.15) is 0 Å². The van der Waals surface area contributed by atoms with Gasteiger partial charge in [-0.1, -0.05) is 11.6 Å². The Balaban J connectivity index is 1.58. The lowest BCUT2D eigenvalue weighted by molar-refractivity contribution is 0.0315. The summed E-state index contributed by atoms with van der Waals surface area (Å²) >= 11 is 5.85. The van der Waals surface area contributed by atoms with Crippen molar-refractivity contribution in [3.05, 3.63) is 34.9 Å². The van der Waals surface area contributed by atoms with Crippen molar-refractivity contribution in [2.75, 3.05) is 26.2 Å². The van der Waals surface area contributed by atoms with Crippen LogP contribution in [0.2, 0.25) is 5.02 Å². The topological polar surface area (TPSA) is 43.8 Å². The minimum Gasteiger partial charge on any atom is -0.391 e. The average Bonchev–Trinajstić information content (AvgIpc) is 2.94. The van der Waals surface area contributed by atoms with Gasteiger partial charge in [0.25, 0.3) is 5.91 Å². The van der Waals surface area contributed by atoms with Gasteiger partial charge >= 0.3 is 0 Å². The van der Waals surface area contributed by atoms with Crippen LogP contribution in [0.25, 0.3) is 0 Å². The summed E-state index contributed by atoms with van der Waals surface area (Å²) in [4.78, 5) is 16.6. The number of nitrogens with zero attached hydrogens (tertiary/aromatic N) is 2. The number of aliphatic hydroxyl groups excluding tert-OH is 1. The highest BCUT2D eigenvalue weighted by Gasteiger charge is 2.33. The number of hydrogen-bond acceptors (Lipinski definition) is 3. The summed E-state index contributed by atoms with van der Waals surface area (Å²) in [6.45, 7) is 3.15. The van der Waals surface area contributed by atoms with Crippen LogP contribution in [-0.2, 0) is 0 Å². The maximum Gasteiger partial charge on any atom is 0.253 e. The van der Waals surface area contributed by atoms with Crippen molar-refractivity contribution in [3.8, 4) is 0 Å². The Kier molecular flexibility index (Phi) is 4.48. The Morgan fingerprint density at radius 1 is 1.10 bits per heavy atom. The SMILES string of the molecule is O=C(c1ccc(Cl)cc1)N1CCN([C@H]2CCC[C@@H]2O)CC1. The van der Waals surface area contributed by atoms with Crippen LogP contribution < -0.4 is 0 Å². The summed E-state index contributed by atoms with van der Waals surface area (Å²) in [6.07, 6.45) is 2.90. The van der Waals surface area contributed by atoms with E-state index in [1.54, 1.807) is 24.3 Å². The molecule has 0 unspecified atom stereocenters. The van der Waals surface area contributed by atoms with Crippen LogP contribution in [0.1, 0.15) is 29.6 Å². The third-order valence-electron chi connectivity index (χ3n) is 4.61. The summed E-state index contributed by atoms with van der Waals surface area (Å²) in [6, 6.07) is 7.34. The molecule has 1 aromatic carbocycles. The van der Waals surface area contributed by atoms with E-state index in [1.807, 2.05) is 4.90 Å². The first-order chi connectivity index (χ1) is 10.1. The molecule has 3 rings (SSSR count). The monoisotopic (exact) mass is 308 g/mol. The first-order valence-corrected chi connectivity index (χ1v) is 8.00. The van der Waals surface area contributed by atoms with E-state index in [1.165, 1.54) is 0 Å². The third-order valence-corrected chi connectivity index (χ3v) is 4.86. The smallest absolute Gasteiger partial charge is 0.253 e. The lowest BCUT2D eigenvalue weighted by Gasteiger charge is -2.39. The van der Waals surface area contributed by atoms with Crippen molar-refractivity contribution in [1.29, 1.82) is 0 Å². The van der Waals surface area contributed by atoms with E-state index in [0.29, 0.717) is 10.6 Å². The Morgan fingerprint density at radius 3 is 2.33 bits per heavy atom. The number of carbonyl (C=O) groups is 1. The first-order valence-electron chi connectivity index (χ1n) is 7.62. The van der Waals surface area contributed by atoms with Crippen molar-refractivity contribution in [3.63, 3.8) is 0 Å². The zero-order chi connectivity index (χ0) is 14.8. The van der Waals surface area contributed by atoms with Crippen LogP contribution in [0.5, 0.6) is 0 Å². The fourth-order valence-electron chi connectivity index (χ4n) is 3.38. The zero-order valence-corrected chi connectivity index (χ0v) is 12.8. The Labute approximate surface area is 130 Å². The molecule has 1 N–H and O–H groups in total. The Morgan fingerprint density at radius 2 is 1.76 bits per heavy atom. The lowest BCUT2D eigenvalue weighted by Crippen LogP contribution is -2.53. The van der Waals surface area contributed by atoms with Crippen LogP contribution in [0.15, 0.2) is 24.3 Å². The zero-order valence-electron chi connectivity index (χ0n) is 12.0. The molecule has 21 heavy (non-hydrogen) atoms. The predicted octanol–water partition coefficient (Wildman–Crippen LogP) is 2.01. The minimum absolute atomic E-state index is 0.0679. The summed E-state index contributed by atoms with van der Waals surface area (Å²) in [5, 5.41) is 10.6. The maximum absolute atomic E-state index is 12.4. The number of carbonyl (C=O) groups excluding carboxylic acids is 1. The van der Waals surface area contributed by atoms with Crippen molar-refractivity contribution in [2.45, 2.75) is 31.4 Å². The molecule has 5 heteroatoms. The van der Waals surface area contributed by atoms with E-state index in [0.717, 1.165) is 45.4 Å². The number of halogens is 1. The number of benzene rings is 1. The molecular formula is C16H21ClN2O2. The average molecular weight is 309 g/mol. The van der Waals surface area contributed by atoms with Gasteiger partial charge in [0.05, 0.1) is 6.10 Å². The number of rotatable bonds is 2. The first kappa shape index (κ1) is 14.8. The fourth-order valence-corrected chi connectivity index (χ4v) is 3.50. The molecule has 0 aromatic heterocycles. The van der Waals surface area contributed by atoms with Gasteiger partial charge in [0, 0.05) is 42.8 Å². The number of piperazine rings is 1. The highest BCUT2D eigenvalue weighted by atomic mass is 35.5. The molecule has 4 nitrogen and oxygen atoms in total. The second kappa shape index (κ2) is 6.34. The van der Waals surface area contributed by atoms with E-state index in [4.69, 9.17) is 11.6 Å². The van der Waals surface area contributed by atoms with Crippen molar-refractivity contribution in [1.82, 2.24) is 9.80 Å². The van der Waals surface area contributed by atoms with E-state index >= 15 is 0 Å². The van der Waals surface area contributed by atoms with Crippen LogP contribution >= 0.6 is 11.6 Å². The van der Waals surface area contributed by atoms with Crippen molar-refractivity contribution < 1.29 is 9.90 Å². The van der Waals surface area contributed by atoms with Gasteiger partial charge in [0.2, 0.25) is 0 Å². The second-order valence-corrected chi connectivity index (χ2v) is 6.34. The maximum atomic E-state index is 12.4. The molecule has 0 radical (unpaired) electrons. The molecule has 1 aliphatic carbocycles. The van der Waals surface area contributed by atoms with Gasteiger partial charge in [-0.3, -0.25) is 9.69 Å². The van der Waals surface area contributed by atoms with E-state index in [-0.39, 0.29) is 18.1 Å². The van der Waals surface area contributed by atoms with Crippen LogP contribution in [0.4, 0.5) is 0 Å². The highest BCUT2D eigenvalue weighted by molar-refractivity contribution is 6.30. The summed E-state index contributed by atoms with van der Waals surface area (Å²) < 4.78 is 0. The quantitative estimate of drug-likeness (QED) is 0.909. The molecule has 1 saturated carbocycles. The number of hydrogen-bond donors (Lipinski definition) is 1. The normalized spacial score (nSPS) is 27.0. The van der Waals surface area contributed by atoms with E-state index in [2.05, 4.69) is 4.90 Å². The highest BCUT2D eigenvalue weighted by Crippen LogP contribution is 2.25. The molecule has 1 aliphatic heterocycles. The van der Waals surface area contributed by atoms with Gasteiger partial charge < -0.3 is 10.0 Å². The third kappa shape index (κ3) is 3.23. The molecule has 0 bridgehead atoms. The summed E-state index contributed by atoms with van der Waals surface area (Å²) in [5.41, 5.74) is 0.689. The molecule has 1 saturated heterocycles. The molecule has 2 fully saturated rings. The standard InChI is InChI=1S/C16H21ClN2O2/c17-13-6-4-12(5-7-13)16(21)19-10-8-18(9-11-19)14-2-1-3-15(14)20/h4-7,14-15,20H,1-3,8-11H2/t14-,15-/m0/s1. The molecule has 114 valence electrons. The van der Waals surface area contributed by atoms with Gasteiger partial charge in [-0.2, -0.15) is 0 Å². The molecule has 2 atom stereocenters. The minimum atomic E-state index is -0.191. The molecule has 1 heterocycles. The lowest BCUT2D eigenvalue weighted by atomic mass is 10.1. The van der Waals surface area contributed by atoms with Gasteiger partial charge in [-0.05, 0) is 43.5 Å². The van der Waals surface area contributed by atoms with Crippen LogP contribution in [0, 0.1) is 0 Å².